The molecule has 3 aromatic rings. The van der Waals surface area contributed by atoms with Crippen LogP contribution in [0.15, 0.2) is 83.8 Å². The summed E-state index contributed by atoms with van der Waals surface area (Å²) in [5, 5.41) is 2.09. The van der Waals surface area contributed by atoms with E-state index in [1.807, 2.05) is 6.07 Å². The van der Waals surface area contributed by atoms with Crippen molar-refractivity contribution < 1.29 is 28.7 Å². The number of esters is 1. The number of hydrogen-bond donors (Lipinski definition) is 1. The summed E-state index contributed by atoms with van der Waals surface area (Å²) in [6, 6.07) is 21.8. The highest BCUT2D eigenvalue weighted by Crippen LogP contribution is 2.34. The first-order chi connectivity index (χ1) is 16.9. The van der Waals surface area contributed by atoms with Crippen LogP contribution in [0.25, 0.3) is 6.08 Å². The lowest BCUT2D eigenvalue weighted by Gasteiger charge is -2.12. The van der Waals surface area contributed by atoms with Gasteiger partial charge >= 0.3 is 5.97 Å². The summed E-state index contributed by atoms with van der Waals surface area (Å²) in [5.74, 6) is -0.843. The summed E-state index contributed by atoms with van der Waals surface area (Å²) in [6.07, 6.45) is 1.47. The number of imide groups is 1. The van der Waals surface area contributed by atoms with Gasteiger partial charge in [-0.2, -0.15) is 0 Å². The molecular formula is C26H20N2O6S. The normalized spacial score (nSPS) is 14.2. The van der Waals surface area contributed by atoms with Crippen LogP contribution >= 0.6 is 11.8 Å². The van der Waals surface area contributed by atoms with Gasteiger partial charge in [-0.1, -0.05) is 36.4 Å². The Balaban J connectivity index is 1.47. The zero-order valence-electron chi connectivity index (χ0n) is 18.6. The van der Waals surface area contributed by atoms with Crippen LogP contribution in [0.5, 0.6) is 11.5 Å². The fourth-order valence-electron chi connectivity index (χ4n) is 3.22. The van der Waals surface area contributed by atoms with Crippen molar-refractivity contribution in [2.45, 2.75) is 0 Å². The van der Waals surface area contributed by atoms with Crippen molar-refractivity contribution in [1.29, 1.82) is 0 Å². The van der Waals surface area contributed by atoms with Crippen LogP contribution < -0.4 is 14.8 Å². The van der Waals surface area contributed by atoms with Crippen LogP contribution in [-0.4, -0.2) is 41.6 Å². The highest BCUT2D eigenvalue weighted by molar-refractivity contribution is 8.18. The maximum absolute atomic E-state index is 12.8. The molecule has 4 rings (SSSR count). The van der Waals surface area contributed by atoms with Crippen molar-refractivity contribution in [3.8, 4) is 11.5 Å². The van der Waals surface area contributed by atoms with Gasteiger partial charge in [-0.25, -0.2) is 4.79 Å². The van der Waals surface area contributed by atoms with Gasteiger partial charge < -0.3 is 14.8 Å². The maximum Gasteiger partial charge on any atom is 0.343 e. The molecule has 0 spiro atoms. The zero-order valence-corrected chi connectivity index (χ0v) is 19.4. The van der Waals surface area contributed by atoms with Crippen LogP contribution in [0, 0.1) is 0 Å². The van der Waals surface area contributed by atoms with Gasteiger partial charge in [-0.3, -0.25) is 19.3 Å². The van der Waals surface area contributed by atoms with Crippen molar-refractivity contribution >= 4 is 46.5 Å². The third-order valence-electron chi connectivity index (χ3n) is 4.97. The van der Waals surface area contributed by atoms with Gasteiger partial charge in [0.15, 0.2) is 0 Å². The van der Waals surface area contributed by atoms with Crippen molar-refractivity contribution in [3.63, 3.8) is 0 Å². The van der Waals surface area contributed by atoms with E-state index in [0.717, 1.165) is 16.7 Å². The predicted molar refractivity (Wildman–Crippen MR) is 132 cm³/mol. The van der Waals surface area contributed by atoms with Crippen molar-refractivity contribution in [1.82, 2.24) is 4.90 Å². The second kappa shape index (κ2) is 10.7. The molecule has 1 fully saturated rings. The minimum atomic E-state index is -0.598. The molecular weight excluding hydrogens is 468 g/mol. The molecule has 0 radical (unpaired) electrons. The number of anilines is 1. The molecule has 0 bridgehead atoms. The van der Waals surface area contributed by atoms with Crippen LogP contribution in [0.4, 0.5) is 10.5 Å². The molecule has 1 heterocycles. The summed E-state index contributed by atoms with van der Waals surface area (Å²) in [7, 11) is 1.53. The number of carbonyl (C=O) groups excluding carboxylic acids is 4. The highest BCUT2D eigenvalue weighted by atomic mass is 32.2. The Hall–Kier alpha value is -4.37. The first kappa shape index (κ1) is 23.8. The molecule has 1 saturated heterocycles. The molecule has 3 amide bonds. The van der Waals surface area contributed by atoms with E-state index in [2.05, 4.69) is 5.32 Å². The monoisotopic (exact) mass is 488 g/mol. The number of benzene rings is 3. The predicted octanol–water partition coefficient (Wildman–Crippen LogP) is 4.59. The molecule has 1 aliphatic heterocycles. The molecule has 0 unspecified atom stereocenters. The third-order valence-corrected chi connectivity index (χ3v) is 5.87. The fourth-order valence-corrected chi connectivity index (χ4v) is 4.05. The first-order valence-corrected chi connectivity index (χ1v) is 11.3. The molecule has 8 nitrogen and oxygen atoms in total. The Morgan fingerprint density at radius 1 is 0.943 bits per heavy atom. The number of thioether (sulfide) groups is 1. The molecule has 9 heteroatoms. The van der Waals surface area contributed by atoms with E-state index in [1.165, 1.54) is 13.2 Å². The van der Waals surface area contributed by atoms with E-state index in [-0.39, 0.29) is 10.7 Å². The number of nitrogens with zero attached hydrogens (tertiary/aromatic N) is 1. The van der Waals surface area contributed by atoms with Crippen LogP contribution in [0.3, 0.4) is 0 Å². The number of carbonyl (C=O) groups is 4. The Morgan fingerprint density at radius 3 is 2.34 bits per heavy atom. The number of methoxy groups -OCH3 is 1. The number of rotatable bonds is 7. The largest absolute Gasteiger partial charge is 0.497 e. The molecule has 0 aliphatic carbocycles. The molecule has 1 N–H and O–H groups in total. The van der Waals surface area contributed by atoms with E-state index in [0.29, 0.717) is 22.6 Å². The van der Waals surface area contributed by atoms with Gasteiger partial charge in [-0.05, 0) is 60.3 Å². The van der Waals surface area contributed by atoms with Crippen molar-refractivity contribution in [2.75, 3.05) is 19.0 Å². The van der Waals surface area contributed by atoms with Crippen LogP contribution in [-0.2, 0) is 9.59 Å². The smallest absolute Gasteiger partial charge is 0.343 e. The summed E-state index contributed by atoms with van der Waals surface area (Å²) < 4.78 is 10.6. The van der Waals surface area contributed by atoms with Gasteiger partial charge in [0.2, 0.25) is 5.91 Å². The second-order valence-corrected chi connectivity index (χ2v) is 8.33. The lowest BCUT2D eigenvalue weighted by atomic mass is 10.1. The van der Waals surface area contributed by atoms with Gasteiger partial charge in [0.25, 0.3) is 11.1 Å². The Morgan fingerprint density at radius 2 is 1.63 bits per heavy atom. The van der Waals surface area contributed by atoms with E-state index in [1.54, 1.807) is 72.8 Å². The van der Waals surface area contributed by atoms with Gasteiger partial charge in [-0.15, -0.1) is 0 Å². The number of hydrogen-bond acceptors (Lipinski definition) is 7. The van der Waals surface area contributed by atoms with Gasteiger partial charge in [0.1, 0.15) is 18.0 Å². The summed E-state index contributed by atoms with van der Waals surface area (Å²) >= 11 is 0.717. The minimum absolute atomic E-state index is 0.121. The average molecular weight is 489 g/mol. The quantitative estimate of drug-likeness (QED) is 0.295. The van der Waals surface area contributed by atoms with Crippen molar-refractivity contribution in [2.24, 2.45) is 0 Å². The Kier molecular flexibility index (Phi) is 7.27. The first-order valence-electron chi connectivity index (χ1n) is 10.5. The molecule has 35 heavy (non-hydrogen) atoms. The minimum Gasteiger partial charge on any atom is -0.497 e. The number of ether oxygens (including phenoxy) is 2. The summed E-state index contributed by atoms with van der Waals surface area (Å²) in [5.41, 5.74) is 1.33. The molecule has 176 valence electrons. The van der Waals surface area contributed by atoms with E-state index < -0.39 is 29.6 Å². The van der Waals surface area contributed by atoms with Gasteiger partial charge in [0, 0.05) is 11.3 Å². The lowest BCUT2D eigenvalue weighted by Crippen LogP contribution is -2.36. The second-order valence-electron chi connectivity index (χ2n) is 7.34. The van der Waals surface area contributed by atoms with E-state index in [9.17, 15) is 19.2 Å². The molecule has 1 aliphatic rings. The van der Waals surface area contributed by atoms with Crippen LogP contribution in [0.1, 0.15) is 15.9 Å². The van der Waals surface area contributed by atoms with Crippen molar-refractivity contribution in [3.05, 3.63) is 94.9 Å². The third kappa shape index (κ3) is 5.77. The maximum atomic E-state index is 12.8. The van der Waals surface area contributed by atoms with Gasteiger partial charge in [0.05, 0.1) is 17.6 Å². The highest BCUT2D eigenvalue weighted by Gasteiger charge is 2.36. The molecule has 3 aromatic carbocycles. The van der Waals surface area contributed by atoms with E-state index in [4.69, 9.17) is 9.47 Å². The summed E-state index contributed by atoms with van der Waals surface area (Å²) in [6.45, 7) is -0.412. The van der Waals surface area contributed by atoms with E-state index >= 15 is 0 Å². The Bertz CT molecular complexity index is 1300. The zero-order chi connectivity index (χ0) is 24.8. The lowest BCUT2D eigenvalue weighted by molar-refractivity contribution is -0.127. The standard InChI is InChI=1S/C26H20N2O6S/c1-33-20-13-11-17(12-14-20)25(31)34-21-10-6-5-7-18(21)15-22-24(30)28(26(32)35-22)16-23(29)27-19-8-3-2-4-9-19/h2-15H,16H2,1H3,(H,27,29)/b22-15-. The number of amides is 3. The fraction of sp³-hybridized carbons (Fsp3) is 0.0769. The molecule has 0 aromatic heterocycles. The number of nitrogens with one attached hydrogen (secondary N) is 1. The summed E-state index contributed by atoms with van der Waals surface area (Å²) in [4.78, 5) is 51.2. The number of para-hydroxylation sites is 2. The Labute approximate surface area is 205 Å². The van der Waals surface area contributed by atoms with Crippen LogP contribution in [0.2, 0.25) is 0 Å². The topological polar surface area (TPSA) is 102 Å². The average Bonchev–Trinajstić information content (AvgIpc) is 3.13. The molecule has 0 atom stereocenters. The molecule has 0 saturated carbocycles. The SMILES string of the molecule is COc1ccc(C(=O)Oc2ccccc2/C=C2\SC(=O)N(CC(=O)Nc3ccccc3)C2=O)cc1.